The van der Waals surface area contributed by atoms with E-state index in [1.54, 1.807) is 0 Å². The highest BCUT2D eigenvalue weighted by Crippen LogP contribution is 2.27. The van der Waals surface area contributed by atoms with Gasteiger partial charge in [0.25, 0.3) is 0 Å². The Morgan fingerprint density at radius 2 is 1.86 bits per heavy atom. The van der Waals surface area contributed by atoms with Gasteiger partial charge in [0.2, 0.25) is 0 Å². The molecule has 0 radical (unpaired) electrons. The smallest absolute Gasteiger partial charge is 0.0249 e. The van der Waals surface area contributed by atoms with E-state index in [0.717, 1.165) is 0 Å². The minimum Gasteiger partial charge on any atom is -0.326 e. The Balaban J connectivity index is 2.62. The van der Waals surface area contributed by atoms with Crippen LogP contribution in [-0.2, 0) is 0 Å². The Morgan fingerprint density at radius 3 is 2.36 bits per heavy atom. The molecule has 0 amide bonds. The van der Waals surface area contributed by atoms with Crippen molar-refractivity contribution >= 4 is 0 Å². The van der Waals surface area contributed by atoms with Crippen LogP contribution in [0.2, 0.25) is 0 Å². The molecule has 0 aromatic carbocycles. The van der Waals surface area contributed by atoms with Crippen LogP contribution in [0.1, 0.15) is 52.9 Å². The van der Waals surface area contributed by atoms with Crippen LogP contribution in [0.3, 0.4) is 0 Å². The Bertz CT molecular complexity index is 177. The van der Waals surface area contributed by atoms with E-state index in [9.17, 15) is 0 Å². The summed E-state index contributed by atoms with van der Waals surface area (Å²) in [5.74, 6) is 0. The van der Waals surface area contributed by atoms with E-state index in [1.807, 2.05) is 0 Å². The molecule has 2 unspecified atom stereocenters. The molecule has 0 bridgehead atoms. The predicted molar refractivity (Wildman–Crippen MR) is 62.4 cm³/mol. The molecule has 0 heterocycles. The molecule has 2 N–H and O–H groups in total. The van der Waals surface area contributed by atoms with Crippen LogP contribution in [0.15, 0.2) is 0 Å². The molecule has 1 aliphatic rings. The van der Waals surface area contributed by atoms with Gasteiger partial charge in [0.1, 0.15) is 0 Å². The topological polar surface area (TPSA) is 29.3 Å². The second-order valence-corrected chi connectivity index (χ2v) is 5.29. The van der Waals surface area contributed by atoms with Crippen molar-refractivity contribution in [3.8, 4) is 0 Å². The SMILES string of the molecule is CCC(C)(C)N(C)C1CCCCC1N. The molecule has 0 aromatic rings. The molecule has 1 aliphatic carbocycles. The fourth-order valence-electron chi connectivity index (χ4n) is 2.32. The van der Waals surface area contributed by atoms with Crippen molar-refractivity contribution in [1.82, 2.24) is 4.90 Å². The van der Waals surface area contributed by atoms with Crippen molar-refractivity contribution in [2.24, 2.45) is 5.73 Å². The van der Waals surface area contributed by atoms with E-state index in [2.05, 4.69) is 32.7 Å². The molecule has 0 aliphatic heterocycles. The number of hydrogen-bond acceptors (Lipinski definition) is 2. The fourth-order valence-corrected chi connectivity index (χ4v) is 2.32. The molecule has 2 nitrogen and oxygen atoms in total. The lowest BCUT2D eigenvalue weighted by Crippen LogP contribution is -2.55. The minimum atomic E-state index is 0.291. The summed E-state index contributed by atoms with van der Waals surface area (Å²) in [6, 6.07) is 0.985. The summed E-state index contributed by atoms with van der Waals surface area (Å²) >= 11 is 0. The lowest BCUT2D eigenvalue weighted by molar-refractivity contribution is 0.0634. The summed E-state index contributed by atoms with van der Waals surface area (Å²) in [5.41, 5.74) is 6.48. The Morgan fingerprint density at radius 1 is 1.29 bits per heavy atom. The van der Waals surface area contributed by atoms with Crippen LogP contribution >= 0.6 is 0 Å². The number of hydrogen-bond donors (Lipinski definition) is 1. The maximum absolute atomic E-state index is 6.19. The van der Waals surface area contributed by atoms with Crippen LogP contribution in [0.25, 0.3) is 0 Å². The fraction of sp³-hybridized carbons (Fsp3) is 1.00. The maximum Gasteiger partial charge on any atom is 0.0249 e. The van der Waals surface area contributed by atoms with Crippen molar-refractivity contribution in [2.45, 2.75) is 70.5 Å². The van der Waals surface area contributed by atoms with Crippen molar-refractivity contribution in [3.05, 3.63) is 0 Å². The van der Waals surface area contributed by atoms with Gasteiger partial charge in [-0.2, -0.15) is 0 Å². The molecule has 2 atom stereocenters. The second-order valence-electron chi connectivity index (χ2n) is 5.29. The molecular formula is C12H26N2. The summed E-state index contributed by atoms with van der Waals surface area (Å²) in [4.78, 5) is 2.50. The molecule has 84 valence electrons. The van der Waals surface area contributed by atoms with Crippen LogP contribution in [-0.4, -0.2) is 29.6 Å². The first-order chi connectivity index (χ1) is 6.49. The Kier molecular flexibility index (Phi) is 3.96. The standard InChI is InChI=1S/C12H26N2/c1-5-12(2,3)14(4)11-9-7-6-8-10(11)13/h10-11H,5-9,13H2,1-4H3. The molecule has 14 heavy (non-hydrogen) atoms. The van der Waals surface area contributed by atoms with E-state index in [1.165, 1.54) is 32.1 Å². The van der Waals surface area contributed by atoms with E-state index in [0.29, 0.717) is 17.6 Å². The van der Waals surface area contributed by atoms with Gasteiger partial charge in [-0.25, -0.2) is 0 Å². The van der Waals surface area contributed by atoms with Gasteiger partial charge in [-0.05, 0) is 40.2 Å². The first-order valence-electron chi connectivity index (χ1n) is 5.97. The zero-order valence-electron chi connectivity index (χ0n) is 10.2. The van der Waals surface area contributed by atoms with E-state index >= 15 is 0 Å². The highest BCUT2D eigenvalue weighted by Gasteiger charge is 2.32. The Hall–Kier alpha value is -0.0800. The third-order valence-corrected chi connectivity index (χ3v) is 4.10. The molecule has 1 fully saturated rings. The molecule has 0 saturated heterocycles. The zero-order valence-corrected chi connectivity index (χ0v) is 10.2. The van der Waals surface area contributed by atoms with Crippen LogP contribution in [0.4, 0.5) is 0 Å². The normalized spacial score (nSPS) is 29.6. The van der Waals surface area contributed by atoms with Crippen molar-refractivity contribution in [2.75, 3.05) is 7.05 Å². The zero-order chi connectivity index (χ0) is 10.8. The van der Waals surface area contributed by atoms with Gasteiger partial charge in [-0.1, -0.05) is 19.8 Å². The van der Waals surface area contributed by atoms with Gasteiger partial charge in [0, 0.05) is 17.6 Å². The monoisotopic (exact) mass is 198 g/mol. The minimum absolute atomic E-state index is 0.291. The van der Waals surface area contributed by atoms with Gasteiger partial charge in [0.05, 0.1) is 0 Å². The molecule has 0 spiro atoms. The third-order valence-electron chi connectivity index (χ3n) is 4.10. The van der Waals surface area contributed by atoms with Gasteiger partial charge >= 0.3 is 0 Å². The lowest BCUT2D eigenvalue weighted by atomic mass is 9.86. The Labute approximate surface area is 88.8 Å². The molecule has 2 heteroatoms. The largest absolute Gasteiger partial charge is 0.326 e. The number of likely N-dealkylation sites (N-methyl/N-ethyl adjacent to an activating group) is 1. The van der Waals surface area contributed by atoms with Crippen molar-refractivity contribution in [3.63, 3.8) is 0 Å². The second kappa shape index (κ2) is 4.63. The first kappa shape index (κ1) is 12.0. The van der Waals surface area contributed by atoms with Crippen LogP contribution in [0, 0.1) is 0 Å². The average molecular weight is 198 g/mol. The average Bonchev–Trinajstić information content (AvgIpc) is 2.17. The lowest BCUT2D eigenvalue weighted by Gasteiger charge is -2.45. The third kappa shape index (κ3) is 2.48. The van der Waals surface area contributed by atoms with E-state index < -0.39 is 0 Å². The highest BCUT2D eigenvalue weighted by atomic mass is 15.2. The maximum atomic E-state index is 6.19. The molecule has 0 aromatic heterocycles. The van der Waals surface area contributed by atoms with Gasteiger partial charge < -0.3 is 5.73 Å². The van der Waals surface area contributed by atoms with E-state index in [-0.39, 0.29) is 0 Å². The summed E-state index contributed by atoms with van der Waals surface area (Å²) in [6.07, 6.45) is 6.34. The number of nitrogens with two attached hydrogens (primary N) is 1. The summed E-state index contributed by atoms with van der Waals surface area (Å²) in [6.45, 7) is 6.88. The van der Waals surface area contributed by atoms with Gasteiger partial charge in [-0.3, -0.25) is 4.90 Å². The van der Waals surface area contributed by atoms with E-state index in [4.69, 9.17) is 5.73 Å². The predicted octanol–water partition coefficient (Wildman–Crippen LogP) is 2.38. The van der Waals surface area contributed by atoms with Gasteiger partial charge in [0.15, 0.2) is 0 Å². The van der Waals surface area contributed by atoms with Crippen LogP contribution in [0.5, 0.6) is 0 Å². The number of rotatable bonds is 3. The van der Waals surface area contributed by atoms with Crippen molar-refractivity contribution in [1.29, 1.82) is 0 Å². The van der Waals surface area contributed by atoms with Gasteiger partial charge in [-0.15, -0.1) is 0 Å². The van der Waals surface area contributed by atoms with Crippen LogP contribution < -0.4 is 5.73 Å². The molecule has 1 saturated carbocycles. The summed E-state index contributed by atoms with van der Waals surface area (Å²) < 4.78 is 0. The molecule has 1 rings (SSSR count). The number of nitrogens with zero attached hydrogens (tertiary/aromatic N) is 1. The molecular weight excluding hydrogens is 172 g/mol. The highest BCUT2D eigenvalue weighted by molar-refractivity contribution is 4.90. The summed E-state index contributed by atoms with van der Waals surface area (Å²) in [5, 5.41) is 0. The van der Waals surface area contributed by atoms with Crippen molar-refractivity contribution < 1.29 is 0 Å². The summed E-state index contributed by atoms with van der Waals surface area (Å²) in [7, 11) is 2.24. The first-order valence-corrected chi connectivity index (χ1v) is 5.97. The quantitative estimate of drug-likeness (QED) is 0.754.